The van der Waals surface area contributed by atoms with Gasteiger partial charge < -0.3 is 10.5 Å². The highest BCUT2D eigenvalue weighted by atomic mass is 32.1. The average molecular weight is 213 g/mol. The minimum Gasteiger partial charge on any atom is -0.430 e. The zero-order chi connectivity index (χ0) is 10.1. The van der Waals surface area contributed by atoms with Crippen LogP contribution >= 0.6 is 12.6 Å². The van der Waals surface area contributed by atoms with Gasteiger partial charge in [-0.1, -0.05) is 0 Å². The second-order valence-corrected chi connectivity index (χ2v) is 4.41. The molecule has 0 aromatic heterocycles. The summed E-state index contributed by atoms with van der Waals surface area (Å²) in [6, 6.07) is -0.592. The average Bonchev–Trinajstić information content (AvgIpc) is 2.77. The van der Waals surface area contributed by atoms with Crippen molar-refractivity contribution in [2.24, 2.45) is 11.7 Å². The molecule has 0 aromatic rings. The van der Waals surface area contributed by atoms with Gasteiger partial charge in [0.1, 0.15) is 11.8 Å². The van der Waals surface area contributed by atoms with Gasteiger partial charge in [-0.3, -0.25) is 0 Å². The Hall–Kier alpha value is -0.480. The van der Waals surface area contributed by atoms with Crippen molar-refractivity contribution in [3.63, 3.8) is 0 Å². The maximum absolute atomic E-state index is 11.4. The van der Waals surface area contributed by atoms with Crippen LogP contribution in [0.4, 0.5) is 0 Å². The van der Waals surface area contributed by atoms with Gasteiger partial charge >= 0.3 is 5.97 Å². The molecule has 0 aliphatic heterocycles. The van der Waals surface area contributed by atoms with E-state index in [9.17, 15) is 4.79 Å². The van der Waals surface area contributed by atoms with Crippen molar-refractivity contribution >= 4 is 18.6 Å². The van der Waals surface area contributed by atoms with Crippen molar-refractivity contribution < 1.29 is 9.53 Å². The molecule has 0 amide bonds. The molecule has 2 rings (SSSR count). The molecule has 2 aliphatic carbocycles. The van der Waals surface area contributed by atoms with Crippen molar-refractivity contribution in [1.29, 1.82) is 0 Å². The van der Waals surface area contributed by atoms with E-state index in [1.165, 1.54) is 12.0 Å². The minimum atomic E-state index is -0.592. The lowest BCUT2D eigenvalue weighted by atomic mass is 10.1. The summed E-state index contributed by atoms with van der Waals surface area (Å²) in [6.45, 7) is 0. The van der Waals surface area contributed by atoms with E-state index in [0.29, 0.717) is 5.75 Å². The number of ether oxygens (including phenoxy) is 1. The second kappa shape index (κ2) is 3.95. The third kappa shape index (κ3) is 1.81. The molecule has 78 valence electrons. The number of thiol groups is 1. The molecule has 0 spiro atoms. The smallest absolute Gasteiger partial charge is 0.328 e. The lowest BCUT2D eigenvalue weighted by Crippen LogP contribution is -2.33. The zero-order valence-electron chi connectivity index (χ0n) is 8.03. The zero-order valence-corrected chi connectivity index (χ0v) is 8.93. The van der Waals surface area contributed by atoms with Gasteiger partial charge in [0.15, 0.2) is 0 Å². The highest BCUT2D eigenvalue weighted by Gasteiger charge is 2.32. The maximum atomic E-state index is 11.4. The Labute approximate surface area is 89.1 Å². The number of carbonyl (C=O) groups is 1. The SMILES string of the molecule is N[C@@H](CS)C(=O)OC1=C2CCC(C2)C1. The van der Waals surface area contributed by atoms with Crippen molar-refractivity contribution in [2.75, 3.05) is 5.75 Å². The summed E-state index contributed by atoms with van der Waals surface area (Å²) in [5.41, 5.74) is 6.85. The lowest BCUT2D eigenvalue weighted by molar-refractivity contribution is -0.140. The highest BCUT2D eigenvalue weighted by Crippen LogP contribution is 2.44. The maximum Gasteiger partial charge on any atom is 0.328 e. The van der Waals surface area contributed by atoms with Crippen LogP contribution in [0.2, 0.25) is 0 Å². The van der Waals surface area contributed by atoms with Crippen LogP contribution in [0, 0.1) is 5.92 Å². The first kappa shape index (κ1) is 10.1. The van der Waals surface area contributed by atoms with Crippen molar-refractivity contribution in [2.45, 2.75) is 31.7 Å². The molecular formula is C10H15NO2S. The van der Waals surface area contributed by atoms with E-state index in [4.69, 9.17) is 10.5 Å². The van der Waals surface area contributed by atoms with E-state index >= 15 is 0 Å². The summed E-state index contributed by atoms with van der Waals surface area (Å²) in [4.78, 5) is 11.4. The Morgan fingerprint density at radius 3 is 2.93 bits per heavy atom. The summed E-state index contributed by atoms with van der Waals surface area (Å²) in [5, 5.41) is 0. The van der Waals surface area contributed by atoms with Crippen LogP contribution in [0.25, 0.3) is 0 Å². The van der Waals surface area contributed by atoms with Crippen LogP contribution in [0.3, 0.4) is 0 Å². The normalized spacial score (nSPS) is 26.9. The largest absolute Gasteiger partial charge is 0.430 e. The summed E-state index contributed by atoms with van der Waals surface area (Å²) < 4.78 is 5.26. The topological polar surface area (TPSA) is 52.3 Å². The third-order valence-corrected chi connectivity index (χ3v) is 3.37. The molecular weight excluding hydrogens is 198 g/mol. The monoisotopic (exact) mass is 213 g/mol. The fraction of sp³-hybridized carbons (Fsp3) is 0.700. The first-order valence-corrected chi connectivity index (χ1v) is 5.63. The Morgan fingerprint density at radius 1 is 1.64 bits per heavy atom. The molecule has 2 bridgehead atoms. The second-order valence-electron chi connectivity index (χ2n) is 4.05. The lowest BCUT2D eigenvalue weighted by Gasteiger charge is -2.14. The molecule has 2 aliphatic rings. The molecule has 14 heavy (non-hydrogen) atoms. The number of hydrogen-bond donors (Lipinski definition) is 2. The van der Waals surface area contributed by atoms with Crippen LogP contribution in [-0.4, -0.2) is 17.8 Å². The van der Waals surface area contributed by atoms with Crippen LogP contribution in [0.1, 0.15) is 25.7 Å². The predicted molar refractivity (Wildman–Crippen MR) is 56.9 cm³/mol. The number of carbonyl (C=O) groups excluding carboxylic acids is 1. The quantitative estimate of drug-likeness (QED) is 0.548. The molecule has 1 unspecified atom stereocenters. The van der Waals surface area contributed by atoms with Gasteiger partial charge in [0.05, 0.1) is 0 Å². The van der Waals surface area contributed by atoms with E-state index in [0.717, 1.165) is 30.9 Å². The first-order chi connectivity index (χ1) is 6.70. The van der Waals surface area contributed by atoms with Crippen LogP contribution in [0.15, 0.2) is 11.3 Å². The standard InChI is InChI=1S/C10H15NO2S/c11-8(5-14)10(12)13-9-4-6-1-2-7(9)3-6/h6,8,14H,1-5,11H2/t6?,8-/m0/s1. The van der Waals surface area contributed by atoms with Gasteiger partial charge in [-0.05, 0) is 30.8 Å². The Bertz CT molecular complexity index is 288. The summed E-state index contributed by atoms with van der Waals surface area (Å²) >= 11 is 3.96. The third-order valence-electron chi connectivity index (χ3n) is 2.98. The molecule has 4 heteroatoms. The number of allylic oxidation sites excluding steroid dienone is 2. The molecule has 2 N–H and O–H groups in total. The van der Waals surface area contributed by atoms with Crippen molar-refractivity contribution in [3.8, 4) is 0 Å². The van der Waals surface area contributed by atoms with Gasteiger partial charge in [-0.2, -0.15) is 12.6 Å². The molecule has 1 saturated carbocycles. The summed E-state index contributed by atoms with van der Waals surface area (Å²) in [6.07, 6.45) is 4.41. The summed E-state index contributed by atoms with van der Waals surface area (Å²) in [5.74, 6) is 1.61. The Morgan fingerprint density at radius 2 is 2.43 bits per heavy atom. The van der Waals surface area contributed by atoms with E-state index in [1.54, 1.807) is 0 Å². The van der Waals surface area contributed by atoms with Crippen LogP contribution in [0.5, 0.6) is 0 Å². The van der Waals surface area contributed by atoms with Gasteiger partial charge in [-0.25, -0.2) is 4.79 Å². The number of esters is 1. The van der Waals surface area contributed by atoms with E-state index in [2.05, 4.69) is 12.6 Å². The minimum absolute atomic E-state index is 0.338. The van der Waals surface area contributed by atoms with Gasteiger partial charge in [-0.15, -0.1) is 0 Å². The number of rotatable bonds is 3. The number of nitrogens with two attached hydrogens (primary N) is 1. The fourth-order valence-electron chi connectivity index (χ4n) is 2.15. The number of fused-ring (bicyclic) bond motifs is 2. The van der Waals surface area contributed by atoms with Crippen LogP contribution in [-0.2, 0) is 9.53 Å². The summed E-state index contributed by atoms with van der Waals surface area (Å²) in [7, 11) is 0. The van der Waals surface area contributed by atoms with Crippen molar-refractivity contribution in [3.05, 3.63) is 11.3 Å². The molecule has 0 aromatic carbocycles. The number of hydrogen-bond acceptors (Lipinski definition) is 4. The Balaban J connectivity index is 1.95. The van der Waals surface area contributed by atoms with Crippen LogP contribution < -0.4 is 5.73 Å². The first-order valence-electron chi connectivity index (χ1n) is 4.99. The molecule has 2 atom stereocenters. The molecule has 0 heterocycles. The molecule has 3 nitrogen and oxygen atoms in total. The molecule has 1 fully saturated rings. The van der Waals surface area contributed by atoms with Gasteiger partial charge in [0.25, 0.3) is 0 Å². The van der Waals surface area contributed by atoms with E-state index < -0.39 is 6.04 Å². The fourth-order valence-corrected chi connectivity index (χ4v) is 2.30. The highest BCUT2D eigenvalue weighted by molar-refractivity contribution is 7.80. The molecule has 0 radical (unpaired) electrons. The van der Waals surface area contributed by atoms with E-state index in [1.807, 2.05) is 0 Å². The van der Waals surface area contributed by atoms with E-state index in [-0.39, 0.29) is 5.97 Å². The predicted octanol–water partition coefficient (Wildman–Crippen LogP) is 1.24. The Kier molecular flexibility index (Phi) is 2.83. The molecule has 0 saturated heterocycles. The van der Waals surface area contributed by atoms with Gasteiger partial charge in [0.2, 0.25) is 0 Å². The van der Waals surface area contributed by atoms with Crippen molar-refractivity contribution in [1.82, 2.24) is 0 Å². The van der Waals surface area contributed by atoms with Gasteiger partial charge in [0, 0.05) is 12.2 Å².